The Balaban J connectivity index is 1.71. The summed E-state index contributed by atoms with van der Waals surface area (Å²) in [4.78, 5) is 14.8. The molecule has 3 rings (SSSR count). The zero-order valence-corrected chi connectivity index (χ0v) is 12.1. The molecule has 1 aromatic rings. The minimum Gasteiger partial charge on any atom is -0.338 e. The lowest BCUT2D eigenvalue weighted by Gasteiger charge is -2.23. The quantitative estimate of drug-likeness (QED) is 0.828. The number of nitrogens with two attached hydrogens (primary N) is 1. The first kappa shape index (κ1) is 13.6. The summed E-state index contributed by atoms with van der Waals surface area (Å²) in [6.45, 7) is 2.54. The number of hydrogen-bond donors (Lipinski definition) is 1. The molecule has 0 radical (unpaired) electrons. The number of nitrogens with zero attached hydrogens (tertiary/aromatic N) is 1. The van der Waals surface area contributed by atoms with Crippen molar-refractivity contribution in [3.8, 4) is 0 Å². The van der Waals surface area contributed by atoms with Crippen molar-refractivity contribution in [2.24, 2.45) is 17.6 Å². The normalized spacial score (nSPS) is 18.1. The van der Waals surface area contributed by atoms with E-state index in [9.17, 15) is 4.79 Å². The zero-order chi connectivity index (χ0) is 13.9. The standard InChI is InChI=1S/C17H24N2O/c18-9-8-13-2-1-3-16(10-13)17(20)19(11-14-4-5-14)12-15-6-7-15/h1-3,10,14-15H,4-9,11-12,18H2. The lowest BCUT2D eigenvalue weighted by Crippen LogP contribution is -2.34. The van der Waals surface area contributed by atoms with Crippen LogP contribution >= 0.6 is 0 Å². The Morgan fingerprint density at radius 2 is 1.80 bits per heavy atom. The molecule has 0 unspecified atom stereocenters. The van der Waals surface area contributed by atoms with Crippen molar-refractivity contribution in [1.82, 2.24) is 4.90 Å². The first-order valence-corrected chi connectivity index (χ1v) is 7.84. The molecule has 0 saturated heterocycles. The fourth-order valence-corrected chi connectivity index (χ4v) is 2.67. The molecule has 0 heterocycles. The van der Waals surface area contributed by atoms with Crippen LogP contribution in [0.2, 0.25) is 0 Å². The second-order valence-corrected chi connectivity index (χ2v) is 6.34. The van der Waals surface area contributed by atoms with Gasteiger partial charge in [0, 0.05) is 18.7 Å². The summed E-state index contributed by atoms with van der Waals surface area (Å²) in [5.74, 6) is 1.72. The Bertz CT molecular complexity index is 464. The van der Waals surface area contributed by atoms with Gasteiger partial charge in [-0.05, 0) is 68.2 Å². The summed E-state index contributed by atoms with van der Waals surface area (Å²) in [5.41, 5.74) is 7.59. The molecule has 2 saturated carbocycles. The molecule has 2 aliphatic rings. The molecule has 20 heavy (non-hydrogen) atoms. The monoisotopic (exact) mass is 272 g/mol. The highest BCUT2D eigenvalue weighted by atomic mass is 16.2. The SMILES string of the molecule is NCCc1cccc(C(=O)N(CC2CC2)CC2CC2)c1. The largest absolute Gasteiger partial charge is 0.338 e. The molecule has 1 amide bonds. The van der Waals surface area contributed by atoms with Crippen molar-refractivity contribution in [2.45, 2.75) is 32.1 Å². The predicted octanol–water partition coefficient (Wildman–Crippen LogP) is 2.45. The van der Waals surface area contributed by atoms with Gasteiger partial charge in [0.05, 0.1) is 0 Å². The average Bonchev–Trinajstić information content (AvgIpc) is 3.33. The third-order valence-electron chi connectivity index (χ3n) is 4.25. The van der Waals surface area contributed by atoms with Crippen LogP contribution in [0.1, 0.15) is 41.6 Å². The summed E-state index contributed by atoms with van der Waals surface area (Å²) in [6.07, 6.45) is 6.01. The summed E-state index contributed by atoms with van der Waals surface area (Å²) in [6, 6.07) is 7.98. The van der Waals surface area contributed by atoms with E-state index in [4.69, 9.17) is 5.73 Å². The van der Waals surface area contributed by atoms with Crippen molar-refractivity contribution in [3.05, 3.63) is 35.4 Å². The van der Waals surface area contributed by atoms with Gasteiger partial charge in [-0.1, -0.05) is 12.1 Å². The molecule has 0 aromatic heterocycles. The molecule has 108 valence electrons. The summed E-state index contributed by atoms with van der Waals surface area (Å²) in [5, 5.41) is 0. The van der Waals surface area contributed by atoms with Gasteiger partial charge in [0.1, 0.15) is 0 Å². The van der Waals surface area contributed by atoms with Crippen LogP contribution in [-0.2, 0) is 6.42 Å². The number of hydrogen-bond acceptors (Lipinski definition) is 2. The van der Waals surface area contributed by atoms with E-state index in [1.54, 1.807) is 0 Å². The molecule has 0 spiro atoms. The van der Waals surface area contributed by atoms with Crippen molar-refractivity contribution in [3.63, 3.8) is 0 Å². The van der Waals surface area contributed by atoms with Gasteiger partial charge in [0.25, 0.3) is 5.91 Å². The number of rotatable bonds is 7. The van der Waals surface area contributed by atoms with Crippen LogP contribution in [0, 0.1) is 11.8 Å². The third kappa shape index (κ3) is 3.60. The number of benzene rings is 1. The maximum absolute atomic E-state index is 12.7. The molecule has 1 aromatic carbocycles. The summed E-state index contributed by atoms with van der Waals surface area (Å²) in [7, 11) is 0. The van der Waals surface area contributed by atoms with Crippen molar-refractivity contribution >= 4 is 5.91 Å². The highest BCUT2D eigenvalue weighted by Gasteiger charge is 2.31. The van der Waals surface area contributed by atoms with Gasteiger partial charge in [0.15, 0.2) is 0 Å². The van der Waals surface area contributed by atoms with E-state index in [2.05, 4.69) is 11.0 Å². The van der Waals surface area contributed by atoms with Gasteiger partial charge in [-0.3, -0.25) is 4.79 Å². The predicted molar refractivity (Wildman–Crippen MR) is 80.6 cm³/mol. The molecule has 2 fully saturated rings. The highest BCUT2D eigenvalue weighted by molar-refractivity contribution is 5.94. The van der Waals surface area contributed by atoms with Gasteiger partial charge < -0.3 is 10.6 Å². The van der Waals surface area contributed by atoms with Crippen molar-refractivity contribution in [1.29, 1.82) is 0 Å². The molecule has 2 N–H and O–H groups in total. The fraction of sp³-hybridized carbons (Fsp3) is 0.588. The Hall–Kier alpha value is -1.35. The van der Waals surface area contributed by atoms with Crippen molar-refractivity contribution in [2.75, 3.05) is 19.6 Å². The second kappa shape index (κ2) is 5.96. The maximum atomic E-state index is 12.7. The van der Waals surface area contributed by atoms with Crippen LogP contribution in [0.4, 0.5) is 0 Å². The molecule has 2 aliphatic carbocycles. The molecular formula is C17H24N2O. The van der Waals surface area contributed by atoms with E-state index in [0.29, 0.717) is 6.54 Å². The summed E-state index contributed by atoms with van der Waals surface area (Å²) >= 11 is 0. The topological polar surface area (TPSA) is 46.3 Å². The van der Waals surface area contributed by atoms with E-state index >= 15 is 0 Å². The molecule has 0 atom stereocenters. The third-order valence-corrected chi connectivity index (χ3v) is 4.25. The van der Waals surface area contributed by atoms with Gasteiger partial charge in [-0.15, -0.1) is 0 Å². The number of amides is 1. The molecule has 0 aliphatic heterocycles. The first-order chi connectivity index (χ1) is 9.76. The van der Waals surface area contributed by atoms with E-state index < -0.39 is 0 Å². The lowest BCUT2D eigenvalue weighted by molar-refractivity contribution is 0.0739. The Morgan fingerprint density at radius 1 is 1.15 bits per heavy atom. The van der Waals surface area contributed by atoms with Gasteiger partial charge in [0.2, 0.25) is 0 Å². The number of carbonyl (C=O) groups is 1. The molecule has 0 bridgehead atoms. The van der Waals surface area contributed by atoms with Crippen LogP contribution in [0.3, 0.4) is 0 Å². The average molecular weight is 272 g/mol. The lowest BCUT2D eigenvalue weighted by atomic mass is 10.1. The van der Waals surface area contributed by atoms with Crippen LogP contribution in [0.5, 0.6) is 0 Å². The van der Waals surface area contributed by atoms with E-state index in [-0.39, 0.29) is 5.91 Å². The summed E-state index contributed by atoms with van der Waals surface area (Å²) < 4.78 is 0. The highest BCUT2D eigenvalue weighted by Crippen LogP contribution is 2.34. The van der Waals surface area contributed by atoms with Crippen LogP contribution in [0.25, 0.3) is 0 Å². The van der Waals surface area contributed by atoms with Crippen LogP contribution < -0.4 is 5.73 Å². The van der Waals surface area contributed by atoms with E-state index in [0.717, 1.165) is 42.5 Å². The Morgan fingerprint density at radius 3 is 2.35 bits per heavy atom. The van der Waals surface area contributed by atoms with Gasteiger partial charge in [-0.25, -0.2) is 0 Å². The Kier molecular flexibility index (Phi) is 4.06. The number of carbonyl (C=O) groups excluding carboxylic acids is 1. The molecule has 3 nitrogen and oxygen atoms in total. The van der Waals surface area contributed by atoms with Crippen LogP contribution in [0.15, 0.2) is 24.3 Å². The first-order valence-electron chi connectivity index (χ1n) is 7.84. The molecular weight excluding hydrogens is 248 g/mol. The zero-order valence-electron chi connectivity index (χ0n) is 12.1. The maximum Gasteiger partial charge on any atom is 0.253 e. The Labute approximate surface area is 121 Å². The van der Waals surface area contributed by atoms with Gasteiger partial charge in [-0.2, -0.15) is 0 Å². The van der Waals surface area contributed by atoms with E-state index in [1.165, 1.54) is 25.7 Å². The second-order valence-electron chi connectivity index (χ2n) is 6.34. The minimum atomic E-state index is 0.211. The fourth-order valence-electron chi connectivity index (χ4n) is 2.67. The van der Waals surface area contributed by atoms with Crippen LogP contribution in [-0.4, -0.2) is 30.4 Å². The smallest absolute Gasteiger partial charge is 0.253 e. The van der Waals surface area contributed by atoms with E-state index in [1.807, 2.05) is 18.2 Å². The van der Waals surface area contributed by atoms with Gasteiger partial charge >= 0.3 is 0 Å². The minimum absolute atomic E-state index is 0.211. The van der Waals surface area contributed by atoms with Crippen molar-refractivity contribution < 1.29 is 4.79 Å². The molecule has 3 heteroatoms.